The fourth-order valence-electron chi connectivity index (χ4n) is 2.57. The molecule has 1 aromatic heterocycles. The van der Waals surface area contributed by atoms with Crippen LogP contribution in [-0.2, 0) is 0 Å². The molecule has 1 aliphatic heterocycles. The average molecular weight is 278 g/mol. The summed E-state index contributed by atoms with van der Waals surface area (Å²) in [5, 5.41) is 0. The third-order valence-electron chi connectivity index (χ3n) is 3.61. The Morgan fingerprint density at radius 3 is 2.40 bits per heavy atom. The molecule has 2 rings (SSSR count). The topological polar surface area (TPSA) is 52.2 Å². The van der Waals surface area contributed by atoms with Crippen LogP contribution in [0.25, 0.3) is 0 Å². The maximum absolute atomic E-state index is 11.7. The zero-order valence-corrected chi connectivity index (χ0v) is 13.0. The van der Waals surface area contributed by atoms with Crippen LogP contribution in [0.4, 0.5) is 5.82 Å². The van der Waals surface area contributed by atoms with E-state index in [4.69, 9.17) is 0 Å². The summed E-state index contributed by atoms with van der Waals surface area (Å²) in [6.07, 6.45) is 0. The Balaban J connectivity index is 2.05. The first-order valence-corrected chi connectivity index (χ1v) is 7.54. The number of rotatable bonds is 4. The molecule has 0 radical (unpaired) electrons. The van der Waals surface area contributed by atoms with Gasteiger partial charge in [0.1, 0.15) is 11.6 Å². The molecule has 2 heterocycles. The van der Waals surface area contributed by atoms with Crippen LogP contribution in [0, 0.1) is 5.92 Å². The molecule has 0 aromatic carbocycles. The van der Waals surface area contributed by atoms with Gasteiger partial charge in [-0.05, 0) is 5.92 Å². The Labute approximate surface area is 121 Å². The summed E-state index contributed by atoms with van der Waals surface area (Å²) in [6, 6.07) is 1.62. The van der Waals surface area contributed by atoms with E-state index in [2.05, 4.69) is 33.6 Å². The smallest absolute Gasteiger partial charge is 0.252 e. The van der Waals surface area contributed by atoms with Crippen LogP contribution in [0.5, 0.6) is 0 Å². The molecule has 1 N–H and O–H groups in total. The maximum Gasteiger partial charge on any atom is 0.252 e. The second kappa shape index (κ2) is 6.39. The van der Waals surface area contributed by atoms with Crippen LogP contribution in [0.1, 0.15) is 39.4 Å². The van der Waals surface area contributed by atoms with Crippen molar-refractivity contribution in [3.05, 3.63) is 22.2 Å². The van der Waals surface area contributed by atoms with Crippen LogP contribution in [-0.4, -0.2) is 47.6 Å². The number of nitrogens with one attached hydrogen (secondary N) is 1. The molecular weight excluding hydrogens is 252 g/mol. The van der Waals surface area contributed by atoms with E-state index < -0.39 is 0 Å². The first-order chi connectivity index (χ1) is 9.45. The van der Waals surface area contributed by atoms with Crippen molar-refractivity contribution < 1.29 is 0 Å². The number of hydrogen-bond donors (Lipinski definition) is 1. The Morgan fingerprint density at radius 2 is 1.85 bits per heavy atom. The van der Waals surface area contributed by atoms with Crippen LogP contribution < -0.4 is 10.5 Å². The van der Waals surface area contributed by atoms with E-state index in [0.717, 1.165) is 44.4 Å². The van der Waals surface area contributed by atoms with Gasteiger partial charge in [0.2, 0.25) is 0 Å². The van der Waals surface area contributed by atoms with Gasteiger partial charge < -0.3 is 9.88 Å². The highest BCUT2D eigenvalue weighted by atomic mass is 16.1. The molecule has 5 nitrogen and oxygen atoms in total. The zero-order chi connectivity index (χ0) is 14.7. The molecular formula is C15H26N4O. The summed E-state index contributed by atoms with van der Waals surface area (Å²) in [6.45, 7) is 13.7. The van der Waals surface area contributed by atoms with E-state index in [0.29, 0.717) is 5.92 Å². The fraction of sp³-hybridized carbons (Fsp3) is 0.733. The van der Waals surface area contributed by atoms with Crippen molar-refractivity contribution in [2.75, 3.05) is 37.6 Å². The predicted molar refractivity (Wildman–Crippen MR) is 82.4 cm³/mol. The minimum Gasteiger partial charge on any atom is -0.354 e. The summed E-state index contributed by atoms with van der Waals surface area (Å²) in [5.74, 6) is 2.54. The normalized spacial score (nSPS) is 17.2. The van der Waals surface area contributed by atoms with Gasteiger partial charge in [0.05, 0.1) is 0 Å². The van der Waals surface area contributed by atoms with Crippen molar-refractivity contribution in [2.24, 2.45) is 5.92 Å². The van der Waals surface area contributed by atoms with Gasteiger partial charge in [0.25, 0.3) is 5.56 Å². The highest BCUT2D eigenvalue weighted by Gasteiger charge is 2.19. The van der Waals surface area contributed by atoms with Crippen LogP contribution in [0.2, 0.25) is 0 Å². The Kier molecular flexibility index (Phi) is 4.81. The minimum absolute atomic E-state index is 0.0525. The lowest BCUT2D eigenvalue weighted by atomic mass is 10.2. The van der Waals surface area contributed by atoms with Gasteiger partial charge >= 0.3 is 0 Å². The number of anilines is 1. The van der Waals surface area contributed by atoms with Gasteiger partial charge in [-0.1, -0.05) is 27.7 Å². The second-order valence-corrected chi connectivity index (χ2v) is 6.33. The van der Waals surface area contributed by atoms with Gasteiger partial charge in [-0.2, -0.15) is 0 Å². The van der Waals surface area contributed by atoms with Gasteiger partial charge in [-0.15, -0.1) is 0 Å². The maximum atomic E-state index is 11.7. The van der Waals surface area contributed by atoms with E-state index in [1.54, 1.807) is 6.07 Å². The van der Waals surface area contributed by atoms with Crippen molar-refractivity contribution in [2.45, 2.75) is 33.6 Å². The number of nitrogens with zero attached hydrogens (tertiary/aromatic N) is 3. The third-order valence-corrected chi connectivity index (χ3v) is 3.61. The van der Waals surface area contributed by atoms with Gasteiger partial charge in [-0.25, -0.2) is 4.98 Å². The largest absolute Gasteiger partial charge is 0.354 e. The van der Waals surface area contributed by atoms with Gasteiger partial charge in [-0.3, -0.25) is 9.69 Å². The summed E-state index contributed by atoms with van der Waals surface area (Å²) >= 11 is 0. The standard InChI is InChI=1S/C15H26N4O/c1-11(2)10-18-5-7-19(8-6-18)13-9-14(20)17-15(16-13)12(3)4/h9,11-12H,5-8,10H2,1-4H3,(H,16,17,20). The molecule has 0 saturated carbocycles. The van der Waals surface area contributed by atoms with Crippen molar-refractivity contribution >= 4 is 5.82 Å². The Bertz CT molecular complexity index is 487. The lowest BCUT2D eigenvalue weighted by Gasteiger charge is -2.36. The van der Waals surface area contributed by atoms with Crippen LogP contribution >= 0.6 is 0 Å². The molecule has 112 valence electrons. The van der Waals surface area contributed by atoms with Gasteiger partial charge in [0.15, 0.2) is 0 Å². The monoisotopic (exact) mass is 278 g/mol. The van der Waals surface area contributed by atoms with Crippen molar-refractivity contribution in [3.63, 3.8) is 0 Å². The molecule has 0 aliphatic carbocycles. The molecule has 1 aliphatic rings. The summed E-state index contributed by atoms with van der Waals surface area (Å²) in [5.41, 5.74) is -0.0525. The zero-order valence-electron chi connectivity index (χ0n) is 13.0. The average Bonchev–Trinajstić information content (AvgIpc) is 2.38. The number of aromatic nitrogens is 2. The molecule has 20 heavy (non-hydrogen) atoms. The lowest BCUT2D eigenvalue weighted by molar-refractivity contribution is 0.231. The van der Waals surface area contributed by atoms with E-state index >= 15 is 0 Å². The highest BCUT2D eigenvalue weighted by molar-refractivity contribution is 5.38. The summed E-state index contributed by atoms with van der Waals surface area (Å²) < 4.78 is 0. The molecule has 1 fully saturated rings. The highest BCUT2D eigenvalue weighted by Crippen LogP contribution is 2.15. The SMILES string of the molecule is CC(C)CN1CCN(c2cc(=O)[nH]c(C(C)C)n2)CC1. The molecule has 1 saturated heterocycles. The molecule has 0 bridgehead atoms. The Hall–Kier alpha value is -1.36. The van der Waals surface area contributed by atoms with E-state index in [9.17, 15) is 4.79 Å². The van der Waals surface area contributed by atoms with Crippen molar-refractivity contribution in [3.8, 4) is 0 Å². The molecule has 0 spiro atoms. The number of hydrogen-bond acceptors (Lipinski definition) is 4. The Morgan fingerprint density at radius 1 is 1.20 bits per heavy atom. The number of H-pyrrole nitrogens is 1. The molecule has 0 amide bonds. The first kappa shape index (κ1) is 15.0. The van der Waals surface area contributed by atoms with E-state index in [-0.39, 0.29) is 11.5 Å². The van der Waals surface area contributed by atoms with Crippen LogP contribution in [0.3, 0.4) is 0 Å². The molecule has 1 aromatic rings. The number of piperazine rings is 1. The molecule has 0 unspecified atom stereocenters. The van der Waals surface area contributed by atoms with Crippen molar-refractivity contribution in [1.82, 2.24) is 14.9 Å². The number of aromatic amines is 1. The second-order valence-electron chi connectivity index (χ2n) is 6.33. The van der Waals surface area contributed by atoms with E-state index in [1.165, 1.54) is 0 Å². The fourth-order valence-corrected chi connectivity index (χ4v) is 2.57. The predicted octanol–water partition coefficient (Wildman–Crippen LogP) is 1.67. The van der Waals surface area contributed by atoms with E-state index in [1.807, 2.05) is 13.8 Å². The minimum atomic E-state index is -0.0525. The van der Waals surface area contributed by atoms with Crippen LogP contribution in [0.15, 0.2) is 10.9 Å². The summed E-state index contributed by atoms with van der Waals surface area (Å²) in [7, 11) is 0. The van der Waals surface area contributed by atoms with Crippen molar-refractivity contribution in [1.29, 1.82) is 0 Å². The first-order valence-electron chi connectivity index (χ1n) is 7.54. The quantitative estimate of drug-likeness (QED) is 0.910. The lowest BCUT2D eigenvalue weighted by Crippen LogP contribution is -2.48. The molecule has 5 heteroatoms. The summed E-state index contributed by atoms with van der Waals surface area (Å²) in [4.78, 5) is 23.9. The molecule has 0 atom stereocenters. The van der Waals surface area contributed by atoms with Gasteiger partial charge in [0, 0.05) is 44.7 Å². The third kappa shape index (κ3) is 3.82.